The summed E-state index contributed by atoms with van der Waals surface area (Å²) in [6.07, 6.45) is 3.17. The molecule has 0 unspecified atom stereocenters. The maximum atomic E-state index is 12.9. The summed E-state index contributed by atoms with van der Waals surface area (Å²) in [6, 6.07) is 6.84. The fourth-order valence-electron chi connectivity index (χ4n) is 3.38. The van der Waals surface area contributed by atoms with E-state index in [4.69, 9.17) is 4.74 Å². The second kappa shape index (κ2) is 7.35. The Balaban J connectivity index is 1.85. The normalized spacial score (nSPS) is 14.8. The predicted octanol–water partition coefficient (Wildman–Crippen LogP) is 4.57. The second-order valence-corrected chi connectivity index (χ2v) is 7.47. The molecule has 0 saturated carbocycles. The molecule has 1 aromatic carbocycles. The molecule has 3 aromatic rings. The Morgan fingerprint density at radius 2 is 2.21 bits per heavy atom. The van der Waals surface area contributed by atoms with E-state index >= 15 is 0 Å². The standard InChI is InChI=1S/C20H18F2N2O3S/c1-3-13-10-14-18(28-13)23-17-12(7-8-24(17)19(14)25)9-11-5-4-6-15(26-2)16(11)27-20(21)22/h4-6,9-10,20H,3,7-8H2,1-2H3/b12-9+. The Morgan fingerprint density at radius 3 is 2.93 bits per heavy atom. The van der Waals surface area contributed by atoms with Gasteiger partial charge in [-0.05, 0) is 36.6 Å². The van der Waals surface area contributed by atoms with Crippen molar-refractivity contribution in [3.8, 4) is 11.5 Å². The molecule has 4 rings (SSSR count). The summed E-state index contributed by atoms with van der Waals surface area (Å²) in [7, 11) is 1.40. The number of aromatic nitrogens is 2. The topological polar surface area (TPSA) is 53.4 Å². The summed E-state index contributed by atoms with van der Waals surface area (Å²) in [6.45, 7) is -0.424. The molecule has 0 atom stereocenters. The molecule has 0 radical (unpaired) electrons. The Kier molecular flexibility index (Phi) is 4.89. The number of para-hydroxylation sites is 1. The monoisotopic (exact) mass is 404 g/mol. The Hall–Kier alpha value is -2.74. The quantitative estimate of drug-likeness (QED) is 0.625. The molecule has 1 aliphatic heterocycles. The molecular formula is C20H18F2N2O3S. The van der Waals surface area contributed by atoms with Crippen LogP contribution in [0.25, 0.3) is 21.9 Å². The van der Waals surface area contributed by atoms with Crippen molar-refractivity contribution in [1.82, 2.24) is 9.55 Å². The predicted molar refractivity (Wildman–Crippen MR) is 105 cm³/mol. The van der Waals surface area contributed by atoms with Crippen LogP contribution in [0.3, 0.4) is 0 Å². The van der Waals surface area contributed by atoms with Crippen LogP contribution in [0.2, 0.25) is 0 Å². The summed E-state index contributed by atoms with van der Waals surface area (Å²) in [5, 5.41) is 0.634. The smallest absolute Gasteiger partial charge is 0.387 e. The first kappa shape index (κ1) is 18.6. The van der Waals surface area contributed by atoms with Gasteiger partial charge in [-0.15, -0.1) is 11.3 Å². The van der Waals surface area contributed by atoms with Gasteiger partial charge >= 0.3 is 6.61 Å². The minimum Gasteiger partial charge on any atom is -0.493 e. The van der Waals surface area contributed by atoms with Gasteiger partial charge in [-0.3, -0.25) is 9.36 Å². The van der Waals surface area contributed by atoms with E-state index in [0.29, 0.717) is 34.6 Å². The van der Waals surface area contributed by atoms with Crippen LogP contribution in [0.4, 0.5) is 8.78 Å². The molecule has 28 heavy (non-hydrogen) atoms. The Labute approximate surface area is 163 Å². The van der Waals surface area contributed by atoms with Crippen molar-refractivity contribution in [2.75, 3.05) is 7.11 Å². The number of fused-ring (bicyclic) bond motifs is 2. The number of ether oxygens (including phenoxy) is 2. The van der Waals surface area contributed by atoms with Crippen LogP contribution in [-0.4, -0.2) is 23.3 Å². The van der Waals surface area contributed by atoms with Crippen molar-refractivity contribution in [2.45, 2.75) is 32.9 Å². The van der Waals surface area contributed by atoms with Gasteiger partial charge in [0.1, 0.15) is 10.7 Å². The van der Waals surface area contributed by atoms with Gasteiger partial charge in [0.2, 0.25) is 0 Å². The van der Waals surface area contributed by atoms with Crippen LogP contribution in [0.1, 0.15) is 29.6 Å². The molecule has 0 bridgehead atoms. The molecule has 0 amide bonds. The summed E-state index contributed by atoms with van der Waals surface area (Å²) in [4.78, 5) is 19.3. The number of hydrogen-bond donors (Lipinski definition) is 0. The van der Waals surface area contributed by atoms with Crippen LogP contribution in [-0.2, 0) is 13.0 Å². The van der Waals surface area contributed by atoms with Gasteiger partial charge in [-0.25, -0.2) is 4.98 Å². The average Bonchev–Trinajstić information content (AvgIpc) is 3.27. The Morgan fingerprint density at radius 1 is 1.39 bits per heavy atom. The number of aryl methyl sites for hydroxylation is 1. The van der Waals surface area contributed by atoms with E-state index in [1.54, 1.807) is 28.8 Å². The molecule has 0 spiro atoms. The highest BCUT2D eigenvalue weighted by Gasteiger charge is 2.23. The molecule has 1 aliphatic rings. The molecule has 0 saturated heterocycles. The van der Waals surface area contributed by atoms with Gasteiger partial charge in [-0.2, -0.15) is 8.78 Å². The maximum absolute atomic E-state index is 12.9. The molecular weight excluding hydrogens is 386 g/mol. The fourth-order valence-corrected chi connectivity index (χ4v) is 4.34. The number of hydrogen-bond acceptors (Lipinski definition) is 5. The van der Waals surface area contributed by atoms with E-state index in [1.165, 1.54) is 18.4 Å². The van der Waals surface area contributed by atoms with Crippen molar-refractivity contribution in [2.24, 2.45) is 0 Å². The van der Waals surface area contributed by atoms with Crippen molar-refractivity contribution in [1.29, 1.82) is 0 Å². The minimum absolute atomic E-state index is 0.0289. The highest BCUT2D eigenvalue weighted by atomic mass is 32.1. The summed E-state index contributed by atoms with van der Waals surface area (Å²) < 4.78 is 37.2. The number of rotatable bonds is 5. The number of allylic oxidation sites excluding steroid dienone is 1. The molecule has 0 N–H and O–H groups in total. The van der Waals surface area contributed by atoms with E-state index < -0.39 is 6.61 Å². The number of benzene rings is 1. The molecule has 0 fully saturated rings. The van der Waals surface area contributed by atoms with E-state index in [-0.39, 0.29) is 17.1 Å². The summed E-state index contributed by atoms with van der Waals surface area (Å²) in [5.74, 6) is 0.769. The highest BCUT2D eigenvalue weighted by molar-refractivity contribution is 7.18. The van der Waals surface area contributed by atoms with Gasteiger partial charge in [0.15, 0.2) is 11.5 Å². The van der Waals surface area contributed by atoms with Crippen molar-refractivity contribution in [3.05, 3.63) is 50.9 Å². The first-order valence-electron chi connectivity index (χ1n) is 8.87. The molecule has 8 heteroatoms. The van der Waals surface area contributed by atoms with Crippen molar-refractivity contribution in [3.63, 3.8) is 0 Å². The lowest BCUT2D eigenvalue weighted by molar-refractivity contribution is -0.0513. The van der Waals surface area contributed by atoms with Crippen LogP contribution in [0.5, 0.6) is 11.5 Å². The van der Waals surface area contributed by atoms with E-state index in [9.17, 15) is 13.6 Å². The Bertz CT molecular complexity index is 1130. The number of alkyl halides is 2. The lowest BCUT2D eigenvalue weighted by atomic mass is 10.1. The van der Waals surface area contributed by atoms with Gasteiger partial charge < -0.3 is 9.47 Å². The minimum atomic E-state index is -2.97. The van der Waals surface area contributed by atoms with Gasteiger partial charge in [0.25, 0.3) is 5.56 Å². The number of halogens is 2. The molecule has 5 nitrogen and oxygen atoms in total. The van der Waals surface area contributed by atoms with Gasteiger partial charge in [-0.1, -0.05) is 19.1 Å². The second-order valence-electron chi connectivity index (χ2n) is 6.35. The zero-order chi connectivity index (χ0) is 19.8. The van der Waals surface area contributed by atoms with Crippen molar-refractivity contribution < 1.29 is 18.3 Å². The third-order valence-corrected chi connectivity index (χ3v) is 5.88. The number of nitrogens with zero attached hydrogens (tertiary/aromatic N) is 2. The molecule has 0 aliphatic carbocycles. The van der Waals surface area contributed by atoms with E-state index in [2.05, 4.69) is 9.72 Å². The number of methoxy groups -OCH3 is 1. The maximum Gasteiger partial charge on any atom is 0.387 e. The lowest BCUT2D eigenvalue weighted by Crippen LogP contribution is -2.19. The summed E-state index contributed by atoms with van der Waals surface area (Å²) in [5.41, 5.74) is 1.20. The van der Waals surface area contributed by atoms with Gasteiger partial charge in [0, 0.05) is 17.0 Å². The third kappa shape index (κ3) is 3.17. The molecule has 2 aromatic heterocycles. The summed E-state index contributed by atoms with van der Waals surface area (Å²) >= 11 is 1.51. The van der Waals surface area contributed by atoms with E-state index in [1.807, 2.05) is 13.0 Å². The SMILES string of the molecule is CCc1cc2c(=O)n3c(nc2s1)/C(=C/c1cccc(OC)c1OC(F)F)CC3. The third-order valence-electron chi connectivity index (χ3n) is 4.71. The zero-order valence-corrected chi connectivity index (χ0v) is 16.2. The fraction of sp³-hybridized carbons (Fsp3) is 0.300. The van der Waals surface area contributed by atoms with Crippen molar-refractivity contribution >= 4 is 33.2 Å². The van der Waals surface area contributed by atoms with Crippen LogP contribution in [0.15, 0.2) is 29.1 Å². The molecule has 146 valence electrons. The largest absolute Gasteiger partial charge is 0.493 e. The lowest BCUT2D eigenvalue weighted by Gasteiger charge is -2.13. The first-order valence-corrected chi connectivity index (χ1v) is 9.69. The van der Waals surface area contributed by atoms with Crippen LogP contribution >= 0.6 is 11.3 Å². The van der Waals surface area contributed by atoms with E-state index in [0.717, 1.165) is 16.9 Å². The molecule has 3 heterocycles. The highest BCUT2D eigenvalue weighted by Crippen LogP contribution is 2.37. The van der Waals surface area contributed by atoms with Gasteiger partial charge in [0.05, 0.1) is 12.5 Å². The number of thiophene rings is 1. The van der Waals surface area contributed by atoms with Crippen LogP contribution in [0, 0.1) is 0 Å². The zero-order valence-electron chi connectivity index (χ0n) is 15.4. The first-order chi connectivity index (χ1) is 13.5. The van der Waals surface area contributed by atoms with Crippen LogP contribution < -0.4 is 15.0 Å². The average molecular weight is 404 g/mol.